The molecule has 0 bridgehead atoms. The van der Waals surface area contributed by atoms with Crippen molar-refractivity contribution in [2.45, 2.75) is 6.92 Å². The molecule has 108 valence electrons. The zero-order valence-corrected chi connectivity index (χ0v) is 13.5. The third-order valence-corrected chi connectivity index (χ3v) is 3.73. The van der Waals surface area contributed by atoms with Gasteiger partial charge in [0.2, 0.25) is 0 Å². The molecule has 2 rings (SSSR count). The van der Waals surface area contributed by atoms with Gasteiger partial charge in [-0.25, -0.2) is 4.79 Å². The molecule has 0 saturated carbocycles. The molecule has 0 aliphatic rings. The highest BCUT2D eigenvalue weighted by Gasteiger charge is 2.10. The van der Waals surface area contributed by atoms with Crippen molar-refractivity contribution in [1.29, 1.82) is 0 Å². The first-order valence-corrected chi connectivity index (χ1v) is 7.28. The second-order valence-corrected chi connectivity index (χ2v) is 5.64. The van der Waals surface area contributed by atoms with E-state index < -0.39 is 5.97 Å². The molecule has 0 atom stereocenters. The number of rotatable bonds is 4. The Bertz CT molecular complexity index is 695. The summed E-state index contributed by atoms with van der Waals surface area (Å²) in [4.78, 5) is 12.8. The van der Waals surface area contributed by atoms with E-state index in [0.717, 1.165) is 33.1 Å². The molecule has 0 aromatic heterocycles. The summed E-state index contributed by atoms with van der Waals surface area (Å²) in [6.07, 6.45) is 2.76. The summed E-state index contributed by atoms with van der Waals surface area (Å²) in [6.45, 7) is 2.05. The van der Waals surface area contributed by atoms with Gasteiger partial charge in [-0.05, 0) is 48.4 Å². The number of anilines is 2. The molecule has 21 heavy (non-hydrogen) atoms. The van der Waals surface area contributed by atoms with Crippen LogP contribution in [0, 0.1) is 6.92 Å². The first kappa shape index (κ1) is 15.3. The number of aliphatic carboxylic acids is 1. The Hall–Kier alpha value is -2.07. The lowest BCUT2D eigenvalue weighted by molar-refractivity contribution is -0.131. The molecule has 3 nitrogen and oxygen atoms in total. The van der Waals surface area contributed by atoms with Crippen molar-refractivity contribution in [3.63, 3.8) is 0 Å². The quantitative estimate of drug-likeness (QED) is 0.821. The summed E-state index contributed by atoms with van der Waals surface area (Å²) >= 11 is 3.42. The minimum atomic E-state index is -0.959. The van der Waals surface area contributed by atoms with Gasteiger partial charge in [0.15, 0.2) is 0 Å². The number of nitrogens with zero attached hydrogens (tertiary/aromatic N) is 1. The predicted molar refractivity (Wildman–Crippen MR) is 90.1 cm³/mol. The molecule has 2 aromatic carbocycles. The van der Waals surface area contributed by atoms with Gasteiger partial charge in [0.25, 0.3) is 0 Å². The fraction of sp³-hybridized carbons (Fsp3) is 0.118. The van der Waals surface area contributed by atoms with E-state index in [1.54, 1.807) is 6.08 Å². The molecule has 1 N–H and O–H groups in total. The van der Waals surface area contributed by atoms with Gasteiger partial charge in [-0.3, -0.25) is 0 Å². The lowest BCUT2D eigenvalue weighted by Crippen LogP contribution is -2.12. The number of aryl methyl sites for hydroxylation is 1. The monoisotopic (exact) mass is 345 g/mol. The maximum Gasteiger partial charge on any atom is 0.328 e. The Morgan fingerprint density at radius 3 is 2.57 bits per heavy atom. The third kappa shape index (κ3) is 3.73. The van der Waals surface area contributed by atoms with Crippen molar-refractivity contribution >= 4 is 39.4 Å². The number of para-hydroxylation sites is 1. The van der Waals surface area contributed by atoms with Gasteiger partial charge in [0.05, 0.1) is 0 Å². The molecule has 0 spiro atoms. The zero-order valence-electron chi connectivity index (χ0n) is 11.9. The normalized spacial score (nSPS) is 10.8. The van der Waals surface area contributed by atoms with E-state index in [-0.39, 0.29) is 0 Å². The maximum atomic E-state index is 10.8. The van der Waals surface area contributed by atoms with Gasteiger partial charge in [0.1, 0.15) is 0 Å². The molecule has 0 fully saturated rings. The van der Waals surface area contributed by atoms with Gasteiger partial charge in [-0.15, -0.1) is 0 Å². The van der Waals surface area contributed by atoms with Crippen molar-refractivity contribution in [2.75, 3.05) is 11.9 Å². The summed E-state index contributed by atoms with van der Waals surface area (Å²) in [7, 11) is 1.98. The first-order valence-electron chi connectivity index (χ1n) is 6.49. The van der Waals surface area contributed by atoms with E-state index in [0.29, 0.717) is 0 Å². The third-order valence-electron chi connectivity index (χ3n) is 3.23. The van der Waals surface area contributed by atoms with E-state index in [1.807, 2.05) is 43.4 Å². The van der Waals surface area contributed by atoms with Crippen LogP contribution in [-0.2, 0) is 4.79 Å². The molecule has 0 saturated heterocycles. The second-order valence-electron chi connectivity index (χ2n) is 4.72. The summed E-state index contributed by atoms with van der Waals surface area (Å²) in [5.74, 6) is -0.959. The second kappa shape index (κ2) is 6.59. The predicted octanol–water partition coefficient (Wildman–Crippen LogP) is 4.62. The molecule has 4 heteroatoms. The van der Waals surface area contributed by atoms with E-state index >= 15 is 0 Å². The smallest absolute Gasteiger partial charge is 0.328 e. The SMILES string of the molecule is Cc1ccccc1N(C)c1ccc(Br)cc1/C=C/C(=O)O. The van der Waals surface area contributed by atoms with Crippen LogP contribution in [0.1, 0.15) is 11.1 Å². The van der Waals surface area contributed by atoms with E-state index in [9.17, 15) is 4.79 Å². The molecule has 0 aliphatic carbocycles. The minimum absolute atomic E-state index is 0.845. The molecule has 0 aliphatic heterocycles. The van der Waals surface area contributed by atoms with Crippen LogP contribution in [0.5, 0.6) is 0 Å². The number of benzene rings is 2. The topological polar surface area (TPSA) is 40.5 Å². The Morgan fingerprint density at radius 2 is 1.90 bits per heavy atom. The number of hydrogen-bond donors (Lipinski definition) is 1. The van der Waals surface area contributed by atoms with E-state index in [4.69, 9.17) is 5.11 Å². The fourth-order valence-electron chi connectivity index (χ4n) is 2.19. The van der Waals surface area contributed by atoms with E-state index in [1.165, 1.54) is 0 Å². The highest BCUT2D eigenvalue weighted by atomic mass is 79.9. The highest BCUT2D eigenvalue weighted by molar-refractivity contribution is 9.10. The highest BCUT2D eigenvalue weighted by Crippen LogP contribution is 2.31. The van der Waals surface area contributed by atoms with Crippen LogP contribution in [-0.4, -0.2) is 18.1 Å². The number of carboxylic acids is 1. The van der Waals surface area contributed by atoms with Crippen LogP contribution in [0.25, 0.3) is 6.08 Å². The van der Waals surface area contributed by atoms with Crippen LogP contribution in [0.4, 0.5) is 11.4 Å². The molecule has 0 amide bonds. The molecule has 0 heterocycles. The molecular weight excluding hydrogens is 330 g/mol. The number of halogens is 1. The number of carboxylic acid groups (broad SMARTS) is 1. The fourth-order valence-corrected chi connectivity index (χ4v) is 2.57. The van der Waals surface area contributed by atoms with Gasteiger partial charge in [-0.2, -0.15) is 0 Å². The lowest BCUT2D eigenvalue weighted by atomic mass is 10.1. The maximum absolute atomic E-state index is 10.8. The number of hydrogen-bond acceptors (Lipinski definition) is 2. The van der Waals surface area contributed by atoms with E-state index in [2.05, 4.69) is 33.8 Å². The van der Waals surface area contributed by atoms with Crippen molar-refractivity contribution < 1.29 is 9.90 Å². The van der Waals surface area contributed by atoms with Gasteiger partial charge >= 0.3 is 5.97 Å². The Kier molecular flexibility index (Phi) is 4.81. The van der Waals surface area contributed by atoms with Gasteiger partial charge in [0, 0.05) is 29.0 Å². The molecular formula is C17H16BrNO2. The van der Waals surface area contributed by atoms with Crippen molar-refractivity contribution in [3.05, 3.63) is 64.1 Å². The standard InChI is InChI=1S/C17H16BrNO2/c1-12-5-3-4-6-15(12)19(2)16-9-8-14(18)11-13(16)7-10-17(20)21/h3-11H,1-2H3,(H,20,21)/b10-7+. The minimum Gasteiger partial charge on any atom is -0.478 e. The average molecular weight is 346 g/mol. The Labute approximate surface area is 132 Å². The van der Waals surface area contributed by atoms with Crippen LogP contribution in [0.2, 0.25) is 0 Å². The van der Waals surface area contributed by atoms with Crippen molar-refractivity contribution in [1.82, 2.24) is 0 Å². The van der Waals surface area contributed by atoms with Crippen LogP contribution in [0.3, 0.4) is 0 Å². The largest absolute Gasteiger partial charge is 0.478 e. The molecule has 0 radical (unpaired) electrons. The summed E-state index contributed by atoms with van der Waals surface area (Å²) in [6, 6.07) is 13.9. The zero-order chi connectivity index (χ0) is 15.4. The Morgan fingerprint density at radius 1 is 1.19 bits per heavy atom. The van der Waals surface area contributed by atoms with Crippen LogP contribution >= 0.6 is 15.9 Å². The van der Waals surface area contributed by atoms with Crippen molar-refractivity contribution in [3.8, 4) is 0 Å². The van der Waals surface area contributed by atoms with Gasteiger partial charge < -0.3 is 10.0 Å². The molecule has 2 aromatic rings. The lowest BCUT2D eigenvalue weighted by Gasteiger charge is -2.23. The van der Waals surface area contributed by atoms with Crippen molar-refractivity contribution in [2.24, 2.45) is 0 Å². The summed E-state index contributed by atoms with van der Waals surface area (Å²) in [5.41, 5.74) is 4.04. The summed E-state index contributed by atoms with van der Waals surface area (Å²) < 4.78 is 0.912. The van der Waals surface area contributed by atoms with Crippen LogP contribution < -0.4 is 4.90 Å². The average Bonchev–Trinajstić information content (AvgIpc) is 2.45. The first-order chi connectivity index (χ1) is 9.99. The Balaban J connectivity index is 2.48. The van der Waals surface area contributed by atoms with Crippen LogP contribution in [0.15, 0.2) is 53.0 Å². The van der Waals surface area contributed by atoms with Gasteiger partial charge in [-0.1, -0.05) is 34.1 Å². The summed E-state index contributed by atoms with van der Waals surface area (Å²) in [5, 5.41) is 8.82. The number of carbonyl (C=O) groups is 1. The molecule has 0 unspecified atom stereocenters.